The average molecular weight is 431 g/mol. The van der Waals surface area contributed by atoms with Crippen LogP contribution in [0.2, 0.25) is 0 Å². The van der Waals surface area contributed by atoms with E-state index in [1.165, 1.54) is 6.42 Å². The zero-order valence-electron chi connectivity index (χ0n) is 19.4. The molecule has 32 heavy (non-hydrogen) atoms. The molecular formula is C28H34N2O2. The summed E-state index contributed by atoms with van der Waals surface area (Å²) >= 11 is 0. The number of ketones is 1. The van der Waals surface area contributed by atoms with E-state index in [1.807, 2.05) is 0 Å². The van der Waals surface area contributed by atoms with Crippen LogP contribution in [0.5, 0.6) is 0 Å². The van der Waals surface area contributed by atoms with Crippen molar-refractivity contribution in [3.63, 3.8) is 0 Å². The molecular weight excluding hydrogens is 396 g/mol. The Bertz CT molecular complexity index is 972. The van der Waals surface area contributed by atoms with Gasteiger partial charge in [0.2, 0.25) is 5.41 Å². The predicted octanol–water partition coefficient (Wildman–Crippen LogP) is 5.68. The topological polar surface area (TPSA) is 77.2 Å². The van der Waals surface area contributed by atoms with E-state index in [2.05, 4.69) is 45.2 Å². The lowest BCUT2D eigenvalue weighted by molar-refractivity contribution is -0.142. The molecule has 0 bridgehead atoms. The number of nitrogens with zero attached hydrogens (tertiary/aromatic N) is 2. The first-order valence-corrected chi connectivity index (χ1v) is 12.2. The summed E-state index contributed by atoms with van der Waals surface area (Å²) in [6, 6.07) is 4.39. The summed E-state index contributed by atoms with van der Waals surface area (Å²) in [5.41, 5.74) is -1.46. The van der Waals surface area contributed by atoms with E-state index in [4.69, 9.17) is 4.74 Å². The number of hydrogen-bond donors (Lipinski definition) is 0. The van der Waals surface area contributed by atoms with E-state index < -0.39 is 10.8 Å². The van der Waals surface area contributed by atoms with Crippen molar-refractivity contribution in [3.05, 3.63) is 37.0 Å². The van der Waals surface area contributed by atoms with Gasteiger partial charge >= 0.3 is 0 Å². The van der Waals surface area contributed by atoms with Crippen LogP contribution in [0.1, 0.15) is 65.2 Å². The maximum absolute atomic E-state index is 13.9. The van der Waals surface area contributed by atoms with Gasteiger partial charge in [-0.05, 0) is 80.0 Å². The van der Waals surface area contributed by atoms with Crippen molar-refractivity contribution >= 4 is 5.78 Å². The van der Waals surface area contributed by atoms with Crippen molar-refractivity contribution in [1.82, 2.24) is 0 Å². The van der Waals surface area contributed by atoms with Gasteiger partial charge in [-0.1, -0.05) is 37.6 Å². The summed E-state index contributed by atoms with van der Waals surface area (Å²) in [5, 5.41) is 20.3. The Balaban J connectivity index is 1.65. The van der Waals surface area contributed by atoms with Crippen LogP contribution in [-0.2, 0) is 9.53 Å². The summed E-state index contributed by atoms with van der Waals surface area (Å²) in [5.74, 6) is 1.24. The molecule has 4 nitrogen and oxygen atoms in total. The van der Waals surface area contributed by atoms with Crippen molar-refractivity contribution in [2.75, 3.05) is 0 Å². The number of rotatable bonds is 4. The van der Waals surface area contributed by atoms with E-state index in [0.717, 1.165) is 31.3 Å². The lowest BCUT2D eigenvalue weighted by atomic mass is 9.39. The van der Waals surface area contributed by atoms with Gasteiger partial charge in [-0.3, -0.25) is 4.79 Å². The molecule has 1 aliphatic heterocycles. The molecule has 0 aromatic heterocycles. The fourth-order valence-corrected chi connectivity index (χ4v) is 8.94. The first-order valence-electron chi connectivity index (χ1n) is 12.2. The van der Waals surface area contributed by atoms with Gasteiger partial charge in [0.25, 0.3) is 0 Å². The third-order valence-electron chi connectivity index (χ3n) is 10.2. The van der Waals surface area contributed by atoms with Gasteiger partial charge in [0.15, 0.2) is 5.78 Å². The number of fused-ring (bicyclic) bond motifs is 7. The molecule has 4 heteroatoms. The van der Waals surface area contributed by atoms with Gasteiger partial charge in [0.1, 0.15) is 0 Å². The number of allylic oxidation sites excluding steroid dienone is 4. The van der Waals surface area contributed by atoms with Crippen LogP contribution in [0.25, 0.3) is 0 Å². The van der Waals surface area contributed by atoms with Crippen LogP contribution in [0, 0.1) is 62.1 Å². The van der Waals surface area contributed by atoms with Crippen molar-refractivity contribution in [3.8, 4) is 12.1 Å². The minimum Gasteiger partial charge on any atom is -0.369 e. The Morgan fingerprint density at radius 3 is 2.44 bits per heavy atom. The highest BCUT2D eigenvalue weighted by Crippen LogP contribution is 2.70. The first-order chi connectivity index (χ1) is 15.3. The zero-order chi connectivity index (χ0) is 22.9. The Morgan fingerprint density at radius 2 is 1.81 bits per heavy atom. The van der Waals surface area contributed by atoms with Gasteiger partial charge in [0.05, 0.1) is 29.8 Å². The van der Waals surface area contributed by atoms with Crippen LogP contribution >= 0.6 is 0 Å². The molecule has 5 rings (SSSR count). The highest BCUT2D eigenvalue weighted by Gasteiger charge is 2.69. The van der Waals surface area contributed by atoms with Crippen LogP contribution < -0.4 is 0 Å². The summed E-state index contributed by atoms with van der Waals surface area (Å²) in [7, 11) is 0. The van der Waals surface area contributed by atoms with Crippen LogP contribution in [0.4, 0.5) is 0 Å². The summed E-state index contributed by atoms with van der Waals surface area (Å²) in [6.45, 7) is 12.6. The molecule has 4 fully saturated rings. The molecule has 0 spiro atoms. The third kappa shape index (κ3) is 2.48. The van der Waals surface area contributed by atoms with Crippen LogP contribution in [0.3, 0.4) is 0 Å². The van der Waals surface area contributed by atoms with Crippen molar-refractivity contribution in [2.45, 2.75) is 77.4 Å². The number of epoxide rings is 1. The number of nitriles is 2. The second-order valence-corrected chi connectivity index (χ2v) is 11.6. The fourth-order valence-electron chi connectivity index (χ4n) is 8.94. The maximum Gasteiger partial charge on any atom is 0.203 e. The van der Waals surface area contributed by atoms with E-state index in [0.29, 0.717) is 49.2 Å². The van der Waals surface area contributed by atoms with E-state index in [-0.39, 0.29) is 16.6 Å². The molecule has 5 aliphatic rings. The Morgan fingerprint density at radius 1 is 1.12 bits per heavy atom. The largest absolute Gasteiger partial charge is 0.369 e. The molecule has 0 amide bonds. The third-order valence-corrected chi connectivity index (χ3v) is 10.2. The predicted molar refractivity (Wildman–Crippen MR) is 122 cm³/mol. The molecule has 4 aliphatic carbocycles. The Hall–Kier alpha value is -2.17. The smallest absolute Gasteiger partial charge is 0.203 e. The first kappa shape index (κ1) is 21.7. The molecule has 0 aromatic rings. The summed E-state index contributed by atoms with van der Waals surface area (Å²) in [6.07, 6.45) is 13.5. The fraction of sp³-hybridized carbons (Fsp3) is 0.679. The number of ether oxygens (including phenoxy) is 1. The summed E-state index contributed by atoms with van der Waals surface area (Å²) < 4.78 is 6.07. The molecule has 0 aromatic carbocycles. The Kier molecular flexibility index (Phi) is 4.68. The molecule has 168 valence electrons. The molecule has 7 atom stereocenters. The molecule has 1 saturated heterocycles. The van der Waals surface area contributed by atoms with E-state index in [1.54, 1.807) is 12.2 Å². The molecule has 3 saturated carbocycles. The quantitative estimate of drug-likeness (QED) is 0.425. The second-order valence-electron chi connectivity index (χ2n) is 11.6. The SMILES string of the molecule is C=CCC1(CC=C)C(=O)C(C#N)(C#N)C[C@@]2(C)C1=CC[C@@H]1[C@@H]2CC[C@]2(C)C3OC3CC[C@@H]12. The van der Waals surface area contributed by atoms with E-state index >= 15 is 0 Å². The normalized spacial score (nSPS) is 44.8. The molecule has 0 radical (unpaired) electrons. The standard InChI is InChI=1S/C28H34N2O2/c1-5-12-28(13-6-2)22-10-7-18-19-8-9-21-23(32-21)25(19,3)14-11-20(18)26(22,4)15-27(16-29,17-30)24(28)31/h5-6,10,18-21,23H,1-2,7-9,11-15H2,3-4H3/t18-,19-,20-,21?,23?,25-,26+/m0/s1. The lowest BCUT2D eigenvalue weighted by Gasteiger charge is -2.62. The van der Waals surface area contributed by atoms with Crippen molar-refractivity contribution in [2.24, 2.45) is 39.4 Å². The summed E-state index contributed by atoms with van der Waals surface area (Å²) in [4.78, 5) is 13.9. The Labute approximate surface area is 192 Å². The molecule has 0 N–H and O–H groups in total. The average Bonchev–Trinajstić information content (AvgIpc) is 3.57. The van der Waals surface area contributed by atoms with Gasteiger partial charge in [-0.2, -0.15) is 10.5 Å². The van der Waals surface area contributed by atoms with Gasteiger partial charge in [-0.25, -0.2) is 0 Å². The lowest BCUT2D eigenvalue weighted by Crippen LogP contribution is -2.60. The number of Topliss-reactive ketones (excluding diaryl/α,β-unsaturated/α-hetero) is 1. The van der Waals surface area contributed by atoms with Gasteiger partial charge in [0, 0.05) is 0 Å². The molecule has 2 unspecified atom stereocenters. The minimum absolute atomic E-state index is 0.233. The zero-order valence-corrected chi connectivity index (χ0v) is 19.4. The van der Waals surface area contributed by atoms with E-state index in [9.17, 15) is 15.3 Å². The van der Waals surface area contributed by atoms with Crippen molar-refractivity contribution < 1.29 is 9.53 Å². The highest BCUT2D eigenvalue weighted by molar-refractivity contribution is 5.99. The van der Waals surface area contributed by atoms with Gasteiger partial charge in [-0.15, -0.1) is 13.2 Å². The monoisotopic (exact) mass is 430 g/mol. The highest BCUT2D eigenvalue weighted by atomic mass is 16.6. The van der Waals surface area contributed by atoms with Crippen molar-refractivity contribution in [1.29, 1.82) is 10.5 Å². The second kappa shape index (κ2) is 6.91. The number of hydrogen-bond acceptors (Lipinski definition) is 4. The molecule has 1 heterocycles. The minimum atomic E-state index is -1.61. The van der Waals surface area contributed by atoms with Crippen LogP contribution in [-0.4, -0.2) is 18.0 Å². The number of carbonyl (C=O) groups excluding carboxylic acids is 1. The maximum atomic E-state index is 13.9. The number of carbonyl (C=O) groups is 1. The van der Waals surface area contributed by atoms with Crippen LogP contribution in [0.15, 0.2) is 37.0 Å². The van der Waals surface area contributed by atoms with Gasteiger partial charge < -0.3 is 4.74 Å².